The van der Waals surface area contributed by atoms with Crippen LogP contribution in [0.4, 0.5) is 0 Å². The van der Waals surface area contributed by atoms with Crippen molar-refractivity contribution in [3.05, 3.63) is 32.9 Å². The van der Waals surface area contributed by atoms with Gasteiger partial charge in [-0.2, -0.15) is 0 Å². The van der Waals surface area contributed by atoms with E-state index in [9.17, 15) is 24.6 Å². The number of hydrogen-bond donors (Lipinski definition) is 3. The zero-order valence-corrected chi connectivity index (χ0v) is 29.3. The normalized spacial score (nSPS) is 20.3. The number of amides is 2. The third kappa shape index (κ3) is 11.2. The molecule has 1 aromatic rings. The molecule has 3 atom stereocenters. The summed E-state index contributed by atoms with van der Waals surface area (Å²) in [6.07, 6.45) is 16.3. The molecule has 45 heavy (non-hydrogen) atoms. The second-order valence-corrected chi connectivity index (χ2v) is 13.5. The summed E-state index contributed by atoms with van der Waals surface area (Å²) in [4.78, 5) is 40.5. The summed E-state index contributed by atoms with van der Waals surface area (Å²) in [5.74, 6) is 0.350. The highest BCUT2D eigenvalue weighted by Crippen LogP contribution is 2.38. The maximum Gasteiger partial charge on any atom is 0.247 e. The number of hydrogen-bond acceptors (Lipinski definition) is 7. The summed E-state index contributed by atoms with van der Waals surface area (Å²) in [5, 5.41) is 23.9. The SMILES string of the molecule is CCCCCCCCCCCC(=O)N(C1CCCCC1)[C@@H]1CC(C(=O)NCCO)=C[C@H](Oc2c(I)cc(C=O)cc2OC)[C@H]1O. The molecule has 0 saturated heterocycles. The monoisotopic (exact) mass is 740 g/mol. The van der Waals surface area contributed by atoms with Gasteiger partial charge in [-0.1, -0.05) is 77.6 Å². The van der Waals surface area contributed by atoms with Gasteiger partial charge in [0.15, 0.2) is 11.5 Å². The fourth-order valence-corrected chi connectivity index (χ4v) is 7.29. The maximum atomic E-state index is 14.0. The van der Waals surface area contributed by atoms with Crippen molar-refractivity contribution in [2.75, 3.05) is 20.3 Å². The zero-order valence-electron chi connectivity index (χ0n) is 27.1. The van der Waals surface area contributed by atoms with Crippen LogP contribution in [0.3, 0.4) is 0 Å². The fraction of sp³-hybridized carbons (Fsp3) is 0.686. The Bertz CT molecular complexity index is 1120. The molecule has 1 aromatic carbocycles. The Morgan fingerprint density at radius 2 is 1.71 bits per heavy atom. The van der Waals surface area contributed by atoms with Crippen LogP contribution < -0.4 is 14.8 Å². The van der Waals surface area contributed by atoms with Crippen LogP contribution in [0, 0.1) is 3.57 Å². The van der Waals surface area contributed by atoms with Crippen molar-refractivity contribution < 1.29 is 34.1 Å². The van der Waals surface area contributed by atoms with E-state index in [4.69, 9.17) is 9.47 Å². The van der Waals surface area contributed by atoms with Crippen LogP contribution in [0.2, 0.25) is 0 Å². The molecule has 10 heteroatoms. The Kier molecular flexibility index (Phi) is 16.7. The van der Waals surface area contributed by atoms with Gasteiger partial charge < -0.3 is 29.9 Å². The zero-order chi connectivity index (χ0) is 32.6. The highest BCUT2D eigenvalue weighted by Gasteiger charge is 2.43. The van der Waals surface area contributed by atoms with Gasteiger partial charge in [0, 0.05) is 36.6 Å². The standard InChI is InChI=1S/C35H53IN2O7/c1-3-4-5-6-7-8-9-10-14-17-32(41)38(27-15-12-11-13-16-27)29-22-26(35(43)37-18-19-39)23-30(33(29)42)45-34-28(36)20-25(24-40)21-31(34)44-2/h20-21,23-24,27,29-30,33,39,42H,3-19,22H2,1-2H3,(H,37,43)/t29-,30+,33+/m1/s1. The van der Waals surface area contributed by atoms with Gasteiger partial charge in [0.05, 0.1) is 23.3 Å². The van der Waals surface area contributed by atoms with E-state index in [1.165, 1.54) is 45.6 Å². The van der Waals surface area contributed by atoms with Crippen molar-refractivity contribution in [1.29, 1.82) is 0 Å². The highest BCUT2D eigenvalue weighted by molar-refractivity contribution is 14.1. The molecule has 0 spiro atoms. The molecule has 0 unspecified atom stereocenters. The van der Waals surface area contributed by atoms with Crippen molar-refractivity contribution in [3.8, 4) is 11.5 Å². The van der Waals surface area contributed by atoms with Gasteiger partial charge in [-0.3, -0.25) is 14.4 Å². The van der Waals surface area contributed by atoms with Crippen molar-refractivity contribution >= 4 is 40.7 Å². The molecule has 0 aliphatic heterocycles. The number of aliphatic hydroxyl groups is 2. The summed E-state index contributed by atoms with van der Waals surface area (Å²) in [6.45, 7) is 2.12. The van der Waals surface area contributed by atoms with Crippen LogP contribution in [-0.4, -0.2) is 77.8 Å². The molecule has 252 valence electrons. The number of ether oxygens (including phenoxy) is 2. The highest BCUT2D eigenvalue weighted by atomic mass is 127. The summed E-state index contributed by atoms with van der Waals surface area (Å²) in [6, 6.07) is 2.58. The third-order valence-electron chi connectivity index (χ3n) is 8.96. The second kappa shape index (κ2) is 20.1. The smallest absolute Gasteiger partial charge is 0.247 e. The number of nitrogens with one attached hydrogen (secondary N) is 1. The van der Waals surface area contributed by atoms with E-state index >= 15 is 0 Å². The molecule has 0 aromatic heterocycles. The fourth-order valence-electron chi connectivity index (χ4n) is 6.54. The van der Waals surface area contributed by atoms with Crippen molar-refractivity contribution in [2.24, 2.45) is 0 Å². The van der Waals surface area contributed by atoms with Gasteiger partial charge >= 0.3 is 0 Å². The number of aldehydes is 1. The summed E-state index contributed by atoms with van der Waals surface area (Å²) in [7, 11) is 1.48. The minimum absolute atomic E-state index is 0.00786. The molecule has 9 nitrogen and oxygen atoms in total. The molecular formula is C35H53IN2O7. The van der Waals surface area contributed by atoms with Crippen molar-refractivity contribution in [1.82, 2.24) is 10.2 Å². The third-order valence-corrected chi connectivity index (χ3v) is 9.76. The molecule has 0 heterocycles. The Hall–Kier alpha value is -2.18. The van der Waals surface area contributed by atoms with Crippen molar-refractivity contribution in [3.63, 3.8) is 0 Å². The minimum atomic E-state index is -1.10. The lowest BCUT2D eigenvalue weighted by Crippen LogP contribution is -2.58. The van der Waals surface area contributed by atoms with Crippen LogP contribution in [0.15, 0.2) is 23.8 Å². The number of nitrogens with zero attached hydrogens (tertiary/aromatic N) is 1. The molecular weight excluding hydrogens is 687 g/mol. The lowest BCUT2D eigenvalue weighted by molar-refractivity contribution is -0.143. The summed E-state index contributed by atoms with van der Waals surface area (Å²) >= 11 is 2.06. The first kappa shape index (κ1) is 37.3. The second-order valence-electron chi connectivity index (χ2n) is 12.3. The summed E-state index contributed by atoms with van der Waals surface area (Å²) in [5.41, 5.74) is 0.828. The number of halogens is 1. The van der Waals surface area contributed by atoms with Crippen LogP contribution in [0.1, 0.15) is 120 Å². The molecule has 0 radical (unpaired) electrons. The van der Waals surface area contributed by atoms with E-state index in [1.807, 2.05) is 4.90 Å². The molecule has 0 bridgehead atoms. The van der Waals surface area contributed by atoms with Gasteiger partial charge in [-0.25, -0.2) is 0 Å². The Balaban J connectivity index is 1.83. The van der Waals surface area contributed by atoms with E-state index in [0.29, 0.717) is 32.6 Å². The first-order chi connectivity index (χ1) is 21.8. The van der Waals surface area contributed by atoms with Crippen LogP contribution in [-0.2, 0) is 9.59 Å². The molecule has 2 aliphatic rings. The van der Waals surface area contributed by atoms with Crippen LogP contribution >= 0.6 is 22.6 Å². The van der Waals surface area contributed by atoms with E-state index in [2.05, 4.69) is 34.8 Å². The van der Waals surface area contributed by atoms with E-state index in [0.717, 1.165) is 57.7 Å². The Labute approximate surface area is 282 Å². The molecule has 1 fully saturated rings. The molecule has 3 N–H and O–H groups in total. The van der Waals surface area contributed by atoms with E-state index in [-0.39, 0.29) is 37.4 Å². The first-order valence-electron chi connectivity index (χ1n) is 16.9. The minimum Gasteiger partial charge on any atom is -0.493 e. The number of carbonyl (C=O) groups is 3. The molecule has 2 amide bonds. The predicted molar refractivity (Wildman–Crippen MR) is 184 cm³/mol. The van der Waals surface area contributed by atoms with Crippen LogP contribution in [0.25, 0.3) is 0 Å². The van der Waals surface area contributed by atoms with Gasteiger partial charge in [0.1, 0.15) is 18.5 Å². The van der Waals surface area contributed by atoms with E-state index in [1.54, 1.807) is 18.2 Å². The van der Waals surface area contributed by atoms with Crippen molar-refractivity contribution in [2.45, 2.75) is 134 Å². The molecule has 2 aliphatic carbocycles. The average molecular weight is 741 g/mol. The lowest BCUT2D eigenvalue weighted by Gasteiger charge is -2.45. The Morgan fingerprint density at radius 1 is 1.04 bits per heavy atom. The quantitative estimate of drug-likeness (QED) is 0.0889. The van der Waals surface area contributed by atoms with Gasteiger partial charge in [0.25, 0.3) is 0 Å². The largest absolute Gasteiger partial charge is 0.493 e. The number of benzene rings is 1. The number of unbranched alkanes of at least 4 members (excludes halogenated alkanes) is 8. The van der Waals surface area contributed by atoms with Gasteiger partial charge in [0.2, 0.25) is 11.8 Å². The number of aliphatic hydroxyl groups excluding tert-OH is 2. The van der Waals surface area contributed by atoms with Gasteiger partial charge in [-0.15, -0.1) is 0 Å². The van der Waals surface area contributed by atoms with Crippen LogP contribution in [0.5, 0.6) is 11.5 Å². The topological polar surface area (TPSA) is 125 Å². The lowest BCUT2D eigenvalue weighted by atomic mass is 9.85. The van der Waals surface area contributed by atoms with Gasteiger partial charge in [-0.05, 0) is 60.1 Å². The number of carbonyl (C=O) groups excluding carboxylic acids is 3. The van der Waals surface area contributed by atoms with E-state index < -0.39 is 18.2 Å². The average Bonchev–Trinajstić information content (AvgIpc) is 3.05. The predicted octanol–water partition coefficient (Wildman–Crippen LogP) is 6.11. The maximum absolute atomic E-state index is 14.0. The Morgan fingerprint density at radius 3 is 2.33 bits per heavy atom. The molecule has 1 saturated carbocycles. The first-order valence-corrected chi connectivity index (χ1v) is 18.0. The molecule has 3 rings (SSSR count). The summed E-state index contributed by atoms with van der Waals surface area (Å²) < 4.78 is 12.5. The number of methoxy groups -OCH3 is 1. The number of rotatable bonds is 19.